The maximum absolute atomic E-state index is 12.2. The van der Waals surface area contributed by atoms with Crippen molar-refractivity contribution in [3.8, 4) is 0 Å². The van der Waals surface area contributed by atoms with E-state index in [0.29, 0.717) is 12.5 Å². The standard InChI is InChI=1S/C15H19N3O2S2/c1-11(2)12-5-7-14(8-6-12)22(19,20)18-15(16)17-10-13-4-3-9-21-13/h3-9,11H,10H2,1-2H3,(H3,16,17,18). The molecule has 1 heterocycles. The number of hydrogen-bond acceptors (Lipinski definition) is 4. The molecule has 22 heavy (non-hydrogen) atoms. The van der Waals surface area contributed by atoms with E-state index < -0.39 is 10.0 Å². The minimum atomic E-state index is -3.70. The molecule has 0 saturated heterocycles. The Hall–Kier alpha value is -1.86. The summed E-state index contributed by atoms with van der Waals surface area (Å²) in [5.41, 5.74) is 6.74. The molecule has 2 rings (SSSR count). The van der Waals surface area contributed by atoms with Crippen LogP contribution in [0, 0.1) is 0 Å². The van der Waals surface area contributed by atoms with Crippen molar-refractivity contribution >= 4 is 27.3 Å². The van der Waals surface area contributed by atoms with Crippen LogP contribution in [0.15, 0.2) is 51.7 Å². The minimum Gasteiger partial charge on any atom is -0.369 e. The van der Waals surface area contributed by atoms with Gasteiger partial charge in [-0.3, -0.25) is 0 Å². The van der Waals surface area contributed by atoms with Crippen molar-refractivity contribution in [2.24, 2.45) is 10.7 Å². The molecule has 0 saturated carbocycles. The summed E-state index contributed by atoms with van der Waals surface area (Å²) in [6, 6.07) is 10.6. The molecule has 0 atom stereocenters. The van der Waals surface area contributed by atoms with E-state index >= 15 is 0 Å². The Morgan fingerprint density at radius 1 is 1.27 bits per heavy atom. The first-order chi connectivity index (χ1) is 10.4. The first-order valence-corrected chi connectivity index (χ1v) is 9.20. The maximum atomic E-state index is 12.2. The van der Waals surface area contributed by atoms with Gasteiger partial charge >= 0.3 is 0 Å². The summed E-state index contributed by atoms with van der Waals surface area (Å²) < 4.78 is 26.7. The van der Waals surface area contributed by atoms with Gasteiger partial charge in [-0.05, 0) is 35.1 Å². The average Bonchev–Trinajstić information content (AvgIpc) is 2.98. The van der Waals surface area contributed by atoms with E-state index in [4.69, 9.17) is 5.73 Å². The lowest BCUT2D eigenvalue weighted by Gasteiger charge is -2.09. The number of thiophene rings is 1. The third kappa shape index (κ3) is 4.32. The predicted molar refractivity (Wildman–Crippen MR) is 90.5 cm³/mol. The lowest BCUT2D eigenvalue weighted by molar-refractivity contribution is 0.592. The number of hydrogen-bond donors (Lipinski definition) is 2. The molecular formula is C15H19N3O2S2. The highest BCUT2D eigenvalue weighted by atomic mass is 32.2. The summed E-state index contributed by atoms with van der Waals surface area (Å²) in [5, 5.41) is 1.93. The summed E-state index contributed by atoms with van der Waals surface area (Å²) in [4.78, 5) is 5.23. The third-order valence-electron chi connectivity index (χ3n) is 3.08. The van der Waals surface area contributed by atoms with Crippen molar-refractivity contribution in [2.75, 3.05) is 0 Å². The van der Waals surface area contributed by atoms with E-state index in [1.54, 1.807) is 35.6 Å². The molecule has 0 bridgehead atoms. The lowest BCUT2D eigenvalue weighted by atomic mass is 10.0. The highest BCUT2D eigenvalue weighted by molar-refractivity contribution is 7.90. The summed E-state index contributed by atoms with van der Waals surface area (Å²) in [6.07, 6.45) is 0. The highest BCUT2D eigenvalue weighted by Crippen LogP contribution is 2.17. The Bertz CT molecular complexity index is 734. The van der Waals surface area contributed by atoms with E-state index in [2.05, 4.69) is 23.6 Å². The molecule has 0 aliphatic rings. The smallest absolute Gasteiger partial charge is 0.264 e. The normalized spacial score (nSPS) is 12.6. The van der Waals surface area contributed by atoms with Crippen LogP contribution in [0.2, 0.25) is 0 Å². The number of benzene rings is 1. The zero-order valence-corrected chi connectivity index (χ0v) is 14.1. The Labute approximate surface area is 134 Å². The van der Waals surface area contributed by atoms with Gasteiger partial charge in [0.25, 0.3) is 10.0 Å². The van der Waals surface area contributed by atoms with E-state index in [1.165, 1.54) is 0 Å². The van der Waals surface area contributed by atoms with Crippen molar-refractivity contribution in [3.63, 3.8) is 0 Å². The van der Waals surface area contributed by atoms with E-state index in [1.807, 2.05) is 17.5 Å². The predicted octanol–water partition coefficient (Wildman–Crippen LogP) is 2.66. The van der Waals surface area contributed by atoms with Crippen LogP contribution in [0.4, 0.5) is 0 Å². The molecule has 5 nitrogen and oxygen atoms in total. The molecule has 0 unspecified atom stereocenters. The van der Waals surface area contributed by atoms with Crippen LogP contribution in [0.25, 0.3) is 0 Å². The molecule has 118 valence electrons. The monoisotopic (exact) mass is 337 g/mol. The highest BCUT2D eigenvalue weighted by Gasteiger charge is 2.15. The molecule has 3 N–H and O–H groups in total. The molecule has 1 aromatic heterocycles. The molecule has 0 aliphatic heterocycles. The topological polar surface area (TPSA) is 84.5 Å². The molecule has 0 spiro atoms. The van der Waals surface area contributed by atoms with Crippen LogP contribution < -0.4 is 10.5 Å². The molecular weight excluding hydrogens is 318 g/mol. The first-order valence-electron chi connectivity index (χ1n) is 6.83. The van der Waals surface area contributed by atoms with Gasteiger partial charge in [-0.25, -0.2) is 18.1 Å². The van der Waals surface area contributed by atoms with Crippen LogP contribution >= 0.6 is 11.3 Å². The van der Waals surface area contributed by atoms with Gasteiger partial charge in [0.1, 0.15) is 0 Å². The molecule has 0 aliphatic carbocycles. The average molecular weight is 337 g/mol. The van der Waals surface area contributed by atoms with Gasteiger partial charge in [0.2, 0.25) is 5.96 Å². The second-order valence-electron chi connectivity index (χ2n) is 5.11. The Kier molecular flexibility index (Phi) is 5.20. The summed E-state index contributed by atoms with van der Waals surface area (Å²) in [6.45, 7) is 4.46. The van der Waals surface area contributed by atoms with Crippen LogP contribution in [0.5, 0.6) is 0 Å². The van der Waals surface area contributed by atoms with E-state index in [-0.39, 0.29) is 10.9 Å². The fraction of sp³-hybridized carbons (Fsp3) is 0.267. The van der Waals surface area contributed by atoms with Gasteiger partial charge in [0.15, 0.2) is 0 Å². The van der Waals surface area contributed by atoms with Gasteiger partial charge in [-0.15, -0.1) is 11.3 Å². The second-order valence-corrected chi connectivity index (χ2v) is 7.82. The zero-order valence-electron chi connectivity index (χ0n) is 12.5. The Balaban J connectivity index is 2.08. The third-order valence-corrected chi connectivity index (χ3v) is 5.31. The number of nitrogens with one attached hydrogen (secondary N) is 1. The van der Waals surface area contributed by atoms with Crippen LogP contribution in [-0.4, -0.2) is 14.4 Å². The van der Waals surface area contributed by atoms with Crippen molar-refractivity contribution in [3.05, 3.63) is 52.2 Å². The van der Waals surface area contributed by atoms with E-state index in [9.17, 15) is 8.42 Å². The van der Waals surface area contributed by atoms with Gasteiger partial charge in [0, 0.05) is 4.88 Å². The van der Waals surface area contributed by atoms with Crippen LogP contribution in [0.1, 0.15) is 30.2 Å². The number of aliphatic imine (C=N–C) groups is 1. The summed E-state index contributed by atoms with van der Waals surface area (Å²) in [5.74, 6) is 0.239. The number of rotatable bonds is 5. The van der Waals surface area contributed by atoms with Gasteiger partial charge in [-0.2, -0.15) is 0 Å². The molecule has 0 amide bonds. The SMILES string of the molecule is CC(C)c1ccc(S(=O)(=O)NC(N)=NCc2cccs2)cc1. The zero-order chi connectivity index (χ0) is 16.2. The fourth-order valence-corrected chi connectivity index (χ4v) is 3.41. The van der Waals surface area contributed by atoms with Crippen molar-refractivity contribution < 1.29 is 8.42 Å². The molecule has 7 heteroatoms. The number of nitrogens with zero attached hydrogens (tertiary/aromatic N) is 1. The minimum absolute atomic E-state index is 0.110. The number of nitrogens with two attached hydrogens (primary N) is 1. The molecule has 1 aromatic carbocycles. The quantitative estimate of drug-likeness (QED) is 0.650. The van der Waals surface area contributed by atoms with Gasteiger partial charge in [0.05, 0.1) is 11.4 Å². The van der Waals surface area contributed by atoms with Crippen molar-refractivity contribution in [1.29, 1.82) is 0 Å². The maximum Gasteiger partial charge on any atom is 0.264 e. The largest absolute Gasteiger partial charge is 0.369 e. The second kappa shape index (κ2) is 6.93. The number of sulfonamides is 1. The van der Waals surface area contributed by atoms with Gasteiger partial charge in [-0.1, -0.05) is 32.0 Å². The lowest BCUT2D eigenvalue weighted by Crippen LogP contribution is -2.36. The Morgan fingerprint density at radius 2 is 1.95 bits per heavy atom. The van der Waals surface area contributed by atoms with E-state index in [0.717, 1.165) is 10.4 Å². The van der Waals surface area contributed by atoms with Crippen molar-refractivity contribution in [1.82, 2.24) is 4.72 Å². The van der Waals surface area contributed by atoms with Crippen molar-refractivity contribution in [2.45, 2.75) is 31.2 Å². The molecule has 0 fully saturated rings. The first kappa shape index (κ1) is 16.5. The summed E-state index contributed by atoms with van der Waals surface area (Å²) >= 11 is 1.54. The fourth-order valence-electron chi connectivity index (χ4n) is 1.83. The van der Waals surface area contributed by atoms with Crippen LogP contribution in [0.3, 0.4) is 0 Å². The molecule has 2 aromatic rings. The number of guanidine groups is 1. The van der Waals surface area contributed by atoms with Crippen LogP contribution in [-0.2, 0) is 16.6 Å². The Morgan fingerprint density at radius 3 is 2.50 bits per heavy atom. The summed E-state index contributed by atoms with van der Waals surface area (Å²) in [7, 11) is -3.70. The van der Waals surface area contributed by atoms with Gasteiger partial charge < -0.3 is 5.73 Å². The molecule has 0 radical (unpaired) electrons.